The van der Waals surface area contributed by atoms with E-state index in [9.17, 15) is 0 Å². The van der Waals surface area contributed by atoms with E-state index in [-0.39, 0.29) is 5.41 Å². The molecule has 1 saturated carbocycles. The van der Waals surface area contributed by atoms with Gasteiger partial charge in [0.25, 0.3) is 0 Å². The molecule has 0 amide bonds. The molecule has 2 N–H and O–H groups in total. The molecule has 0 heterocycles. The predicted molar refractivity (Wildman–Crippen MR) is 69.7 cm³/mol. The zero-order valence-electron chi connectivity index (χ0n) is 10.7. The summed E-state index contributed by atoms with van der Waals surface area (Å²) in [6, 6.07) is 9.10. The summed E-state index contributed by atoms with van der Waals surface area (Å²) in [5.41, 5.74) is 9.11. The highest BCUT2D eigenvalue weighted by molar-refractivity contribution is 5.33. The topological polar surface area (TPSA) is 26.0 Å². The fourth-order valence-electron chi connectivity index (χ4n) is 3.02. The van der Waals surface area contributed by atoms with Gasteiger partial charge in [0.2, 0.25) is 0 Å². The second-order valence-electron chi connectivity index (χ2n) is 5.77. The van der Waals surface area contributed by atoms with E-state index < -0.39 is 0 Å². The highest BCUT2D eigenvalue weighted by Gasteiger charge is 2.41. The van der Waals surface area contributed by atoms with Crippen LogP contribution < -0.4 is 5.73 Å². The van der Waals surface area contributed by atoms with Crippen LogP contribution in [0.2, 0.25) is 0 Å². The number of nitrogens with two attached hydrogens (primary N) is 1. The van der Waals surface area contributed by atoms with Crippen molar-refractivity contribution in [2.75, 3.05) is 6.54 Å². The van der Waals surface area contributed by atoms with Gasteiger partial charge in [-0.1, -0.05) is 45.0 Å². The molecule has 0 bridgehead atoms. The van der Waals surface area contributed by atoms with Crippen molar-refractivity contribution in [3.8, 4) is 0 Å². The smallest absolute Gasteiger partial charge is 0.00806 e. The summed E-state index contributed by atoms with van der Waals surface area (Å²) < 4.78 is 0. The van der Waals surface area contributed by atoms with Gasteiger partial charge in [0, 0.05) is 12.0 Å². The Balaban J connectivity index is 2.21. The minimum absolute atomic E-state index is 0.287. The lowest BCUT2D eigenvalue weighted by molar-refractivity contribution is 0.164. The van der Waals surface area contributed by atoms with Crippen molar-refractivity contribution in [3.05, 3.63) is 35.4 Å². The van der Waals surface area contributed by atoms with Gasteiger partial charge in [0.1, 0.15) is 0 Å². The lowest BCUT2D eigenvalue weighted by Gasteiger charge is -2.46. The van der Waals surface area contributed by atoms with Crippen molar-refractivity contribution in [2.24, 2.45) is 11.7 Å². The quantitative estimate of drug-likeness (QED) is 0.824. The standard InChI is InChI=1S/C15H23N/c1-11(2)13-4-6-14(7-5-13)15(10-16)8-12(3)9-15/h4-7,11-12H,8-10,16H2,1-3H3. The molecule has 1 aromatic rings. The molecule has 1 nitrogen and oxygen atoms in total. The second kappa shape index (κ2) is 4.21. The van der Waals surface area contributed by atoms with Gasteiger partial charge in [-0.05, 0) is 35.8 Å². The molecule has 0 atom stereocenters. The largest absolute Gasteiger partial charge is 0.330 e. The molecule has 2 rings (SSSR count). The molecule has 0 aliphatic heterocycles. The summed E-state index contributed by atoms with van der Waals surface area (Å²) >= 11 is 0. The first-order chi connectivity index (χ1) is 7.57. The Morgan fingerprint density at radius 2 is 1.81 bits per heavy atom. The summed E-state index contributed by atoms with van der Waals surface area (Å²) in [6.45, 7) is 7.58. The van der Waals surface area contributed by atoms with E-state index in [0.29, 0.717) is 5.92 Å². The maximum atomic E-state index is 5.96. The second-order valence-corrected chi connectivity index (χ2v) is 5.77. The van der Waals surface area contributed by atoms with Crippen molar-refractivity contribution in [2.45, 2.75) is 44.9 Å². The van der Waals surface area contributed by atoms with E-state index in [1.807, 2.05) is 0 Å². The van der Waals surface area contributed by atoms with E-state index in [2.05, 4.69) is 45.0 Å². The van der Waals surface area contributed by atoms with Crippen LogP contribution >= 0.6 is 0 Å². The monoisotopic (exact) mass is 217 g/mol. The van der Waals surface area contributed by atoms with Gasteiger partial charge < -0.3 is 5.73 Å². The molecular weight excluding hydrogens is 194 g/mol. The fourth-order valence-corrected chi connectivity index (χ4v) is 3.02. The summed E-state index contributed by atoms with van der Waals surface area (Å²) in [7, 11) is 0. The molecule has 0 aromatic heterocycles. The first-order valence-corrected chi connectivity index (χ1v) is 6.38. The minimum atomic E-state index is 0.287. The molecule has 0 radical (unpaired) electrons. The lowest BCUT2D eigenvalue weighted by Crippen LogP contribution is -2.46. The van der Waals surface area contributed by atoms with Crippen LogP contribution in [-0.2, 0) is 5.41 Å². The van der Waals surface area contributed by atoms with E-state index in [1.54, 1.807) is 0 Å². The van der Waals surface area contributed by atoms with Crippen LogP contribution in [0.3, 0.4) is 0 Å². The van der Waals surface area contributed by atoms with Gasteiger partial charge in [-0.15, -0.1) is 0 Å². The van der Waals surface area contributed by atoms with Gasteiger partial charge in [-0.2, -0.15) is 0 Å². The van der Waals surface area contributed by atoms with E-state index in [4.69, 9.17) is 5.73 Å². The average molecular weight is 217 g/mol. The number of benzene rings is 1. The molecule has 0 saturated heterocycles. The van der Waals surface area contributed by atoms with Crippen molar-refractivity contribution in [3.63, 3.8) is 0 Å². The summed E-state index contributed by atoms with van der Waals surface area (Å²) in [6.07, 6.45) is 2.51. The maximum absolute atomic E-state index is 5.96. The molecular formula is C15H23N. The molecule has 1 fully saturated rings. The zero-order valence-corrected chi connectivity index (χ0v) is 10.7. The van der Waals surface area contributed by atoms with Gasteiger partial charge >= 0.3 is 0 Å². The number of hydrogen-bond donors (Lipinski definition) is 1. The maximum Gasteiger partial charge on any atom is 0.00806 e. The Morgan fingerprint density at radius 1 is 1.25 bits per heavy atom. The van der Waals surface area contributed by atoms with Crippen molar-refractivity contribution in [1.29, 1.82) is 0 Å². The van der Waals surface area contributed by atoms with Crippen molar-refractivity contribution >= 4 is 0 Å². The summed E-state index contributed by atoms with van der Waals surface area (Å²) in [5, 5.41) is 0. The van der Waals surface area contributed by atoms with Crippen LogP contribution in [0.5, 0.6) is 0 Å². The molecule has 16 heavy (non-hydrogen) atoms. The van der Waals surface area contributed by atoms with Crippen molar-refractivity contribution < 1.29 is 0 Å². The molecule has 1 heteroatoms. The Hall–Kier alpha value is -0.820. The average Bonchev–Trinajstić information content (AvgIpc) is 2.24. The summed E-state index contributed by atoms with van der Waals surface area (Å²) in [5.74, 6) is 1.46. The van der Waals surface area contributed by atoms with Gasteiger partial charge in [-0.25, -0.2) is 0 Å². The molecule has 1 aromatic carbocycles. The van der Waals surface area contributed by atoms with Crippen LogP contribution in [0.1, 0.15) is 50.7 Å². The first-order valence-electron chi connectivity index (χ1n) is 6.38. The van der Waals surface area contributed by atoms with Crippen LogP contribution in [-0.4, -0.2) is 6.54 Å². The Labute approximate surface area is 99.0 Å². The van der Waals surface area contributed by atoms with Crippen molar-refractivity contribution in [1.82, 2.24) is 0 Å². The lowest BCUT2D eigenvalue weighted by atomic mass is 9.59. The highest BCUT2D eigenvalue weighted by Crippen LogP contribution is 2.46. The first kappa shape index (κ1) is 11.7. The Kier molecular flexibility index (Phi) is 3.07. The van der Waals surface area contributed by atoms with Crippen LogP contribution in [0.4, 0.5) is 0 Å². The molecule has 0 unspecified atom stereocenters. The Morgan fingerprint density at radius 3 is 2.19 bits per heavy atom. The number of rotatable bonds is 3. The Bertz CT molecular complexity index is 344. The molecule has 88 valence electrons. The SMILES string of the molecule is CC1CC(CN)(c2ccc(C(C)C)cc2)C1. The van der Waals surface area contributed by atoms with Crippen LogP contribution in [0, 0.1) is 5.92 Å². The van der Waals surface area contributed by atoms with Crippen LogP contribution in [0.25, 0.3) is 0 Å². The van der Waals surface area contributed by atoms with Gasteiger partial charge in [-0.3, -0.25) is 0 Å². The molecule has 0 spiro atoms. The third-order valence-corrected chi connectivity index (χ3v) is 4.06. The molecule has 1 aliphatic carbocycles. The van der Waals surface area contributed by atoms with Gasteiger partial charge in [0.05, 0.1) is 0 Å². The van der Waals surface area contributed by atoms with E-state index in [1.165, 1.54) is 24.0 Å². The van der Waals surface area contributed by atoms with E-state index in [0.717, 1.165) is 12.5 Å². The zero-order chi connectivity index (χ0) is 11.8. The normalized spacial score (nSPS) is 29.2. The third-order valence-electron chi connectivity index (χ3n) is 4.06. The molecule has 1 aliphatic rings. The van der Waals surface area contributed by atoms with Gasteiger partial charge in [0.15, 0.2) is 0 Å². The highest BCUT2D eigenvalue weighted by atomic mass is 14.6. The number of hydrogen-bond acceptors (Lipinski definition) is 1. The van der Waals surface area contributed by atoms with E-state index >= 15 is 0 Å². The fraction of sp³-hybridized carbons (Fsp3) is 0.600. The summed E-state index contributed by atoms with van der Waals surface area (Å²) in [4.78, 5) is 0. The third kappa shape index (κ3) is 1.89. The van der Waals surface area contributed by atoms with Crippen LogP contribution in [0.15, 0.2) is 24.3 Å². The predicted octanol–water partition coefficient (Wildman–Crippen LogP) is 3.44. The minimum Gasteiger partial charge on any atom is -0.330 e.